The van der Waals surface area contributed by atoms with Gasteiger partial charge in [0.2, 0.25) is 5.88 Å². The van der Waals surface area contributed by atoms with Crippen LogP contribution >= 0.6 is 0 Å². The zero-order chi connectivity index (χ0) is 13.5. The van der Waals surface area contributed by atoms with E-state index in [1.807, 2.05) is 6.07 Å². The summed E-state index contributed by atoms with van der Waals surface area (Å²) in [6.45, 7) is 4.97. The topological polar surface area (TPSA) is 54.6 Å². The Hall–Kier alpha value is -1.49. The van der Waals surface area contributed by atoms with Crippen molar-refractivity contribution in [3.05, 3.63) is 12.1 Å². The van der Waals surface area contributed by atoms with E-state index in [9.17, 15) is 0 Å². The fourth-order valence-electron chi connectivity index (χ4n) is 1.72. The van der Waals surface area contributed by atoms with Gasteiger partial charge in [-0.05, 0) is 26.6 Å². The minimum absolute atomic E-state index is 0.602. The molecule has 0 bridgehead atoms. The molecule has 0 spiro atoms. The molecule has 102 valence electrons. The maximum atomic E-state index is 6.01. The van der Waals surface area contributed by atoms with E-state index in [1.165, 1.54) is 0 Å². The zero-order valence-corrected chi connectivity index (χ0v) is 11.8. The van der Waals surface area contributed by atoms with Gasteiger partial charge in [-0.3, -0.25) is 0 Å². The van der Waals surface area contributed by atoms with Crippen LogP contribution < -0.4 is 15.4 Å². The number of nitrogens with two attached hydrogens (primary N) is 1. The highest BCUT2D eigenvalue weighted by Crippen LogP contribution is 2.23. The van der Waals surface area contributed by atoms with Gasteiger partial charge in [0.1, 0.15) is 0 Å². The SMILES string of the molecule is CCCN(CCN(C)C)c1nc(OC)ccc1N. The standard InChI is InChI=1S/C13H24N4O/c1-5-8-17(10-9-16(2)3)13-11(14)6-7-12(15-13)18-4/h6-7H,5,8-10,14H2,1-4H3. The molecule has 0 aliphatic heterocycles. The van der Waals surface area contributed by atoms with Crippen LogP contribution in [-0.4, -0.2) is 50.7 Å². The molecule has 0 unspecified atom stereocenters. The van der Waals surface area contributed by atoms with Crippen LogP contribution in [0.4, 0.5) is 11.5 Å². The third-order valence-corrected chi connectivity index (χ3v) is 2.70. The van der Waals surface area contributed by atoms with E-state index in [1.54, 1.807) is 13.2 Å². The normalized spacial score (nSPS) is 10.7. The van der Waals surface area contributed by atoms with Crippen LogP contribution in [0.1, 0.15) is 13.3 Å². The van der Waals surface area contributed by atoms with Gasteiger partial charge in [-0.2, -0.15) is 4.98 Å². The Kier molecular flexibility index (Phi) is 5.71. The molecule has 0 aliphatic rings. The largest absolute Gasteiger partial charge is 0.481 e. The first-order chi connectivity index (χ1) is 8.58. The third-order valence-electron chi connectivity index (χ3n) is 2.70. The second kappa shape index (κ2) is 7.06. The monoisotopic (exact) mass is 252 g/mol. The van der Waals surface area contributed by atoms with Crippen LogP contribution in [0.2, 0.25) is 0 Å². The first kappa shape index (κ1) is 14.6. The summed E-state index contributed by atoms with van der Waals surface area (Å²) in [6, 6.07) is 3.63. The van der Waals surface area contributed by atoms with Crippen molar-refractivity contribution < 1.29 is 4.74 Å². The Balaban J connectivity index is 2.89. The van der Waals surface area contributed by atoms with Gasteiger partial charge in [-0.25, -0.2) is 0 Å². The lowest BCUT2D eigenvalue weighted by molar-refractivity contribution is 0.396. The molecule has 0 saturated carbocycles. The van der Waals surface area contributed by atoms with Gasteiger partial charge in [-0.1, -0.05) is 6.92 Å². The van der Waals surface area contributed by atoms with Crippen molar-refractivity contribution in [1.82, 2.24) is 9.88 Å². The predicted molar refractivity (Wildman–Crippen MR) is 76.3 cm³/mol. The maximum absolute atomic E-state index is 6.01. The van der Waals surface area contributed by atoms with Gasteiger partial charge in [0.25, 0.3) is 0 Å². The van der Waals surface area contributed by atoms with Gasteiger partial charge in [0.15, 0.2) is 5.82 Å². The van der Waals surface area contributed by atoms with Crippen LogP contribution in [0.25, 0.3) is 0 Å². The molecule has 5 heteroatoms. The summed E-state index contributed by atoms with van der Waals surface area (Å²) in [7, 11) is 5.74. The molecular formula is C13H24N4O. The first-order valence-electron chi connectivity index (χ1n) is 6.28. The fraction of sp³-hybridized carbons (Fsp3) is 0.615. The Labute approximate surface area is 110 Å². The third kappa shape index (κ3) is 4.07. The number of nitrogens with zero attached hydrogens (tertiary/aromatic N) is 3. The number of methoxy groups -OCH3 is 1. The Bertz CT molecular complexity index is 368. The van der Waals surface area contributed by atoms with Crippen LogP contribution in [0.3, 0.4) is 0 Å². The Morgan fingerprint density at radius 3 is 2.50 bits per heavy atom. The van der Waals surface area contributed by atoms with Crippen molar-refractivity contribution in [2.75, 3.05) is 51.5 Å². The van der Waals surface area contributed by atoms with Crippen molar-refractivity contribution in [3.63, 3.8) is 0 Å². The number of aromatic nitrogens is 1. The minimum Gasteiger partial charge on any atom is -0.481 e. The highest BCUT2D eigenvalue weighted by Gasteiger charge is 2.12. The Morgan fingerprint density at radius 1 is 1.22 bits per heavy atom. The van der Waals surface area contributed by atoms with Crippen LogP contribution in [0.15, 0.2) is 12.1 Å². The summed E-state index contributed by atoms with van der Waals surface area (Å²) in [4.78, 5) is 8.81. The van der Waals surface area contributed by atoms with E-state index in [-0.39, 0.29) is 0 Å². The van der Waals surface area contributed by atoms with Gasteiger partial charge >= 0.3 is 0 Å². The molecule has 1 heterocycles. The zero-order valence-electron chi connectivity index (χ0n) is 11.8. The van der Waals surface area contributed by atoms with Crippen LogP contribution in [-0.2, 0) is 0 Å². The van der Waals surface area contributed by atoms with E-state index >= 15 is 0 Å². The molecule has 0 saturated heterocycles. The smallest absolute Gasteiger partial charge is 0.215 e. The summed E-state index contributed by atoms with van der Waals surface area (Å²) in [5, 5.41) is 0. The number of rotatable bonds is 7. The summed E-state index contributed by atoms with van der Waals surface area (Å²) < 4.78 is 5.16. The molecule has 0 fully saturated rings. The molecule has 0 atom stereocenters. The van der Waals surface area contributed by atoms with E-state index in [2.05, 4.69) is 35.8 Å². The number of ether oxygens (including phenoxy) is 1. The highest BCUT2D eigenvalue weighted by molar-refractivity contribution is 5.63. The summed E-state index contributed by atoms with van der Waals surface area (Å²) in [5.74, 6) is 1.42. The molecule has 18 heavy (non-hydrogen) atoms. The number of hydrogen-bond acceptors (Lipinski definition) is 5. The summed E-state index contributed by atoms with van der Waals surface area (Å²) in [5.41, 5.74) is 6.71. The second-order valence-electron chi connectivity index (χ2n) is 4.56. The van der Waals surface area contributed by atoms with Crippen molar-refractivity contribution in [2.45, 2.75) is 13.3 Å². The molecule has 0 aromatic carbocycles. The average Bonchev–Trinajstić information content (AvgIpc) is 2.35. The summed E-state index contributed by atoms with van der Waals surface area (Å²) >= 11 is 0. The van der Waals surface area contributed by atoms with Crippen LogP contribution in [0.5, 0.6) is 5.88 Å². The molecule has 5 nitrogen and oxygen atoms in total. The fourth-order valence-corrected chi connectivity index (χ4v) is 1.72. The lowest BCUT2D eigenvalue weighted by atomic mass is 10.3. The second-order valence-corrected chi connectivity index (χ2v) is 4.56. The molecule has 0 radical (unpaired) electrons. The average molecular weight is 252 g/mol. The number of anilines is 2. The molecule has 1 aromatic rings. The predicted octanol–water partition coefficient (Wildman–Crippen LogP) is 1.45. The van der Waals surface area contributed by atoms with E-state index in [4.69, 9.17) is 10.5 Å². The van der Waals surface area contributed by atoms with Crippen LogP contribution in [0, 0.1) is 0 Å². The highest BCUT2D eigenvalue weighted by atomic mass is 16.5. The van der Waals surface area contributed by atoms with E-state index < -0.39 is 0 Å². The molecule has 1 aromatic heterocycles. The lowest BCUT2D eigenvalue weighted by Crippen LogP contribution is -2.33. The number of hydrogen-bond donors (Lipinski definition) is 1. The first-order valence-corrected chi connectivity index (χ1v) is 6.28. The van der Waals surface area contributed by atoms with Gasteiger partial charge in [0.05, 0.1) is 12.8 Å². The van der Waals surface area contributed by atoms with Crippen molar-refractivity contribution in [3.8, 4) is 5.88 Å². The van der Waals surface area contributed by atoms with Crippen molar-refractivity contribution >= 4 is 11.5 Å². The van der Waals surface area contributed by atoms with Gasteiger partial charge < -0.3 is 20.3 Å². The molecular weight excluding hydrogens is 228 g/mol. The van der Waals surface area contributed by atoms with E-state index in [0.717, 1.165) is 31.9 Å². The molecule has 0 amide bonds. The van der Waals surface area contributed by atoms with E-state index in [0.29, 0.717) is 11.6 Å². The minimum atomic E-state index is 0.602. The number of likely N-dealkylation sites (N-methyl/N-ethyl adjacent to an activating group) is 1. The summed E-state index contributed by atoms with van der Waals surface area (Å²) in [6.07, 6.45) is 1.06. The molecule has 1 rings (SSSR count). The number of nitrogen functional groups attached to an aromatic ring is 1. The van der Waals surface area contributed by atoms with Gasteiger partial charge in [-0.15, -0.1) is 0 Å². The number of pyridine rings is 1. The van der Waals surface area contributed by atoms with Crippen molar-refractivity contribution in [1.29, 1.82) is 0 Å². The lowest BCUT2D eigenvalue weighted by Gasteiger charge is -2.26. The Morgan fingerprint density at radius 2 is 1.94 bits per heavy atom. The van der Waals surface area contributed by atoms with Gasteiger partial charge in [0, 0.05) is 25.7 Å². The molecule has 0 aliphatic carbocycles. The maximum Gasteiger partial charge on any atom is 0.215 e. The molecule has 2 N–H and O–H groups in total. The van der Waals surface area contributed by atoms with Crippen molar-refractivity contribution in [2.24, 2.45) is 0 Å². The quantitative estimate of drug-likeness (QED) is 0.796.